The summed E-state index contributed by atoms with van der Waals surface area (Å²) in [5.41, 5.74) is 1.31. The number of hydrogen-bond donors (Lipinski definition) is 6. The molecular weight excluding hydrogens is 724 g/mol. The van der Waals surface area contributed by atoms with Crippen LogP contribution in [-0.2, 0) is 22.6 Å². The average molecular weight is 757 g/mol. The number of ether oxygens (including phenoxy) is 1. The van der Waals surface area contributed by atoms with E-state index in [1.807, 2.05) is 0 Å². The largest absolute Gasteiger partial charge is 0.508 e. The summed E-state index contributed by atoms with van der Waals surface area (Å²) in [6.07, 6.45) is 1.79. The fourth-order valence-corrected chi connectivity index (χ4v) is 6.15. The van der Waals surface area contributed by atoms with E-state index in [1.165, 1.54) is 60.7 Å². The van der Waals surface area contributed by atoms with Crippen LogP contribution in [-0.4, -0.2) is 63.1 Å². The Hall–Kier alpha value is -7.74. The summed E-state index contributed by atoms with van der Waals surface area (Å²) in [7, 11) is 0. The van der Waals surface area contributed by atoms with Crippen LogP contribution in [0, 0.1) is 0 Å². The molecule has 0 bridgehead atoms. The van der Waals surface area contributed by atoms with Crippen molar-refractivity contribution in [2.75, 3.05) is 6.54 Å². The Morgan fingerprint density at radius 2 is 1.50 bits per heavy atom. The molecule has 6 rings (SSSR count). The molecule has 0 radical (unpaired) electrons. The first-order valence-electron chi connectivity index (χ1n) is 16.9. The molecule has 6 N–H and O–H groups in total. The van der Waals surface area contributed by atoms with Gasteiger partial charge < -0.3 is 40.2 Å². The molecule has 0 spiro atoms. The molecule has 1 aliphatic heterocycles. The summed E-state index contributed by atoms with van der Waals surface area (Å²) in [6.45, 7) is 4.06. The van der Waals surface area contributed by atoms with E-state index in [9.17, 15) is 49.2 Å². The van der Waals surface area contributed by atoms with E-state index in [0.29, 0.717) is 22.8 Å². The smallest absolute Gasteiger partial charge is 0.339 e. The first-order valence-corrected chi connectivity index (χ1v) is 16.9. The van der Waals surface area contributed by atoms with Gasteiger partial charge in [-0.3, -0.25) is 14.4 Å². The van der Waals surface area contributed by atoms with Crippen LogP contribution in [0.15, 0.2) is 124 Å². The van der Waals surface area contributed by atoms with E-state index in [-0.39, 0.29) is 86.9 Å². The van der Waals surface area contributed by atoms with E-state index in [1.54, 1.807) is 30.3 Å². The van der Waals surface area contributed by atoms with Gasteiger partial charge in [0.15, 0.2) is 0 Å². The highest BCUT2D eigenvalue weighted by Gasteiger charge is 2.32. The average Bonchev–Trinajstić information content (AvgIpc) is 3.17. The Bertz CT molecular complexity index is 2570. The van der Waals surface area contributed by atoms with Gasteiger partial charge >= 0.3 is 17.6 Å². The zero-order chi connectivity index (χ0) is 40.1. The Kier molecular flexibility index (Phi) is 10.9. The molecule has 0 saturated carbocycles. The Labute approximate surface area is 317 Å². The van der Waals surface area contributed by atoms with Gasteiger partial charge in [0.2, 0.25) is 5.91 Å². The molecule has 2 amide bonds. The minimum atomic E-state index is -1.41. The van der Waals surface area contributed by atoms with E-state index in [0.717, 1.165) is 6.07 Å². The summed E-state index contributed by atoms with van der Waals surface area (Å²) < 4.78 is 11.4. The molecule has 4 aromatic carbocycles. The van der Waals surface area contributed by atoms with Crippen LogP contribution < -0.4 is 21.0 Å². The fraction of sp³-hybridized carbons (Fsp3) is 0.0952. The number of carboxylic acids is 2. The predicted octanol–water partition coefficient (Wildman–Crippen LogP) is 4.76. The van der Waals surface area contributed by atoms with Gasteiger partial charge in [-0.15, -0.1) is 0 Å². The minimum absolute atomic E-state index is 0.0582. The van der Waals surface area contributed by atoms with Crippen molar-refractivity contribution in [1.82, 2.24) is 10.6 Å². The first-order chi connectivity index (χ1) is 26.8. The Morgan fingerprint density at radius 1 is 0.804 bits per heavy atom. The first kappa shape index (κ1) is 38.0. The number of aromatic carboxylic acids is 2. The summed E-state index contributed by atoms with van der Waals surface area (Å²) in [5, 5.41) is 45.5. The molecule has 0 fully saturated rings. The molecule has 1 unspecified atom stereocenters. The summed E-state index contributed by atoms with van der Waals surface area (Å²) in [6, 6.07) is 20.0. The third kappa shape index (κ3) is 8.24. The molecule has 1 aromatic heterocycles. The van der Waals surface area contributed by atoms with Gasteiger partial charge in [0.05, 0.1) is 17.5 Å². The lowest BCUT2D eigenvalue weighted by molar-refractivity contribution is -0.120. The Balaban J connectivity index is 1.16. The molecule has 1 aliphatic rings. The SMILES string of the molecule is C=C(CNC(=O)c1ccc(CNC(=O)Cc2cc3ccc(O)cc3oc2=O)cc1)C1Oc2cc(O)ccc2C(c2ccc(C(=O)O)cc2C(=O)O)=C1/C=C\C=O. The van der Waals surface area contributed by atoms with Gasteiger partial charge in [-0.2, -0.15) is 0 Å². The second-order valence-electron chi connectivity index (χ2n) is 12.6. The lowest BCUT2D eigenvalue weighted by atomic mass is 9.83. The molecule has 5 aromatic rings. The fourth-order valence-electron chi connectivity index (χ4n) is 6.15. The molecule has 0 saturated heterocycles. The number of allylic oxidation sites excluding steroid dienone is 1. The van der Waals surface area contributed by atoms with Crippen molar-refractivity contribution in [3.63, 3.8) is 0 Å². The minimum Gasteiger partial charge on any atom is -0.508 e. The number of carbonyl (C=O) groups excluding carboxylic acids is 3. The van der Waals surface area contributed by atoms with Gasteiger partial charge in [0.1, 0.15) is 35.2 Å². The lowest BCUT2D eigenvalue weighted by Gasteiger charge is -2.32. The molecule has 56 heavy (non-hydrogen) atoms. The normalized spacial score (nSPS) is 13.5. The number of amides is 2. The van der Waals surface area contributed by atoms with Crippen LogP contribution in [0.3, 0.4) is 0 Å². The molecular formula is C42H32N2O12. The maximum atomic E-state index is 13.2. The topological polar surface area (TPSA) is 230 Å². The predicted molar refractivity (Wildman–Crippen MR) is 202 cm³/mol. The van der Waals surface area contributed by atoms with Crippen LogP contribution in [0.1, 0.15) is 53.3 Å². The zero-order valence-electron chi connectivity index (χ0n) is 29.3. The van der Waals surface area contributed by atoms with Crippen molar-refractivity contribution in [2.45, 2.75) is 19.1 Å². The van der Waals surface area contributed by atoms with Crippen LogP contribution in [0.25, 0.3) is 16.5 Å². The van der Waals surface area contributed by atoms with E-state index in [4.69, 9.17) is 9.15 Å². The van der Waals surface area contributed by atoms with Crippen LogP contribution >= 0.6 is 0 Å². The number of fused-ring (bicyclic) bond motifs is 2. The molecule has 14 nitrogen and oxygen atoms in total. The van der Waals surface area contributed by atoms with Crippen molar-refractivity contribution < 1.29 is 53.6 Å². The number of carbonyl (C=O) groups is 5. The highest BCUT2D eigenvalue weighted by atomic mass is 16.5. The standard InChI is InChI=1S/C42H32N2O12/c1-22(20-44-39(49)24-6-4-23(5-7-24)21-43-36(48)17-27-15-25-8-10-28(46)18-34(25)56-42(27)54)38-32(3-2-14-45)37(31-13-11-29(47)19-35(31)55-38)30-12-9-26(40(50)51)16-33(30)41(52)53/h2-16,18-19,38,46-47H,1,17,20-21H2,(H,43,48)(H,44,49)(H,50,51)(H,52,53)/b3-2-. The number of phenolic OH excluding ortho intramolecular Hbond substituents is 2. The lowest BCUT2D eigenvalue weighted by Crippen LogP contribution is -2.34. The van der Waals surface area contributed by atoms with Gasteiger partial charge in [-0.1, -0.05) is 30.9 Å². The number of benzene rings is 4. The zero-order valence-corrected chi connectivity index (χ0v) is 29.3. The second-order valence-corrected chi connectivity index (χ2v) is 12.6. The maximum Gasteiger partial charge on any atom is 0.339 e. The van der Waals surface area contributed by atoms with Crippen molar-refractivity contribution in [2.24, 2.45) is 0 Å². The van der Waals surface area contributed by atoms with Crippen molar-refractivity contribution in [1.29, 1.82) is 0 Å². The number of phenols is 2. The number of rotatable bonds is 13. The van der Waals surface area contributed by atoms with Crippen LogP contribution in [0.5, 0.6) is 17.2 Å². The quantitative estimate of drug-likeness (QED) is 0.0413. The van der Waals surface area contributed by atoms with E-state index in [2.05, 4.69) is 17.2 Å². The molecule has 2 heterocycles. The molecule has 14 heteroatoms. The van der Waals surface area contributed by atoms with Gasteiger partial charge in [-0.05, 0) is 77.4 Å². The molecule has 0 aliphatic carbocycles. The number of nitrogens with one attached hydrogen (secondary N) is 2. The van der Waals surface area contributed by atoms with Crippen molar-refractivity contribution in [3.05, 3.63) is 164 Å². The number of aromatic hydroxyl groups is 2. The summed E-state index contributed by atoms with van der Waals surface area (Å²) in [5.74, 6) is -3.73. The monoisotopic (exact) mass is 756 g/mol. The van der Waals surface area contributed by atoms with Gasteiger partial charge in [-0.25, -0.2) is 14.4 Å². The third-order valence-corrected chi connectivity index (χ3v) is 8.87. The van der Waals surface area contributed by atoms with Crippen molar-refractivity contribution in [3.8, 4) is 17.2 Å². The van der Waals surface area contributed by atoms with E-state index < -0.39 is 35.5 Å². The van der Waals surface area contributed by atoms with Gasteiger partial charge in [0, 0.05) is 58.4 Å². The maximum absolute atomic E-state index is 13.2. The molecule has 282 valence electrons. The summed E-state index contributed by atoms with van der Waals surface area (Å²) >= 11 is 0. The number of hydrogen-bond acceptors (Lipinski definition) is 10. The number of carboxylic acid groups (broad SMARTS) is 2. The second kappa shape index (κ2) is 16.1. The highest BCUT2D eigenvalue weighted by Crippen LogP contribution is 2.44. The van der Waals surface area contributed by atoms with Gasteiger partial charge in [0.25, 0.3) is 5.91 Å². The highest BCUT2D eigenvalue weighted by molar-refractivity contribution is 6.02. The van der Waals surface area contributed by atoms with Crippen LogP contribution in [0.4, 0.5) is 0 Å². The number of aldehydes is 1. The van der Waals surface area contributed by atoms with Crippen LogP contribution in [0.2, 0.25) is 0 Å². The van der Waals surface area contributed by atoms with E-state index >= 15 is 0 Å². The van der Waals surface area contributed by atoms with Crippen molar-refractivity contribution >= 4 is 46.6 Å². The third-order valence-electron chi connectivity index (χ3n) is 8.87. The summed E-state index contributed by atoms with van der Waals surface area (Å²) in [4.78, 5) is 73.8. The molecule has 1 atom stereocenters. The Morgan fingerprint density at radius 3 is 2.21 bits per heavy atom.